The first kappa shape index (κ1) is 16.0. The Balaban J connectivity index is 2.00. The van der Waals surface area contributed by atoms with E-state index < -0.39 is 6.10 Å². The van der Waals surface area contributed by atoms with Gasteiger partial charge in [-0.3, -0.25) is 4.79 Å². The van der Waals surface area contributed by atoms with Crippen LogP contribution in [0.2, 0.25) is 0 Å². The highest BCUT2D eigenvalue weighted by molar-refractivity contribution is 9.11. The van der Waals surface area contributed by atoms with Gasteiger partial charge in [-0.15, -0.1) is 0 Å². The minimum Gasteiger partial charge on any atom is -0.481 e. The summed E-state index contributed by atoms with van der Waals surface area (Å²) in [7, 11) is 0. The lowest BCUT2D eigenvalue weighted by Crippen LogP contribution is -2.30. The number of ether oxygens (including phenoxy) is 1. The summed E-state index contributed by atoms with van der Waals surface area (Å²) in [5.74, 6) is 0.483. The highest BCUT2D eigenvalue weighted by atomic mass is 79.9. The Morgan fingerprint density at radius 3 is 2.43 bits per heavy atom. The molecule has 0 fully saturated rings. The molecule has 2 aromatic carbocycles. The van der Waals surface area contributed by atoms with Gasteiger partial charge in [-0.2, -0.15) is 0 Å². The highest BCUT2D eigenvalue weighted by Gasteiger charge is 2.16. The maximum atomic E-state index is 12.2. The first-order valence-corrected chi connectivity index (χ1v) is 8.03. The topological polar surface area (TPSA) is 38.3 Å². The van der Waals surface area contributed by atoms with Crippen molar-refractivity contribution in [1.82, 2.24) is 0 Å². The summed E-state index contributed by atoms with van der Waals surface area (Å²) in [5.41, 5.74) is 1.86. The van der Waals surface area contributed by atoms with Crippen LogP contribution in [0.1, 0.15) is 12.5 Å². The van der Waals surface area contributed by atoms with Crippen molar-refractivity contribution < 1.29 is 9.53 Å². The van der Waals surface area contributed by atoms with E-state index in [1.54, 1.807) is 6.92 Å². The zero-order chi connectivity index (χ0) is 15.4. The zero-order valence-corrected chi connectivity index (χ0v) is 14.9. The molecule has 2 aromatic rings. The SMILES string of the molecule is Cc1ccc(OC(C)C(=O)Nc2ccc(Br)cc2Br)cc1. The number of nitrogens with one attached hydrogen (secondary N) is 1. The molecule has 0 saturated heterocycles. The Bertz CT molecular complexity index is 641. The minimum absolute atomic E-state index is 0.196. The Labute approximate surface area is 141 Å². The number of amides is 1. The summed E-state index contributed by atoms with van der Waals surface area (Å²) < 4.78 is 7.38. The van der Waals surface area contributed by atoms with E-state index in [0.29, 0.717) is 11.4 Å². The van der Waals surface area contributed by atoms with Gasteiger partial charge in [0.25, 0.3) is 5.91 Å². The predicted molar refractivity (Wildman–Crippen MR) is 91.7 cm³/mol. The molecule has 21 heavy (non-hydrogen) atoms. The second-order valence-electron chi connectivity index (χ2n) is 4.69. The Kier molecular flexibility index (Phi) is 5.42. The third-order valence-electron chi connectivity index (χ3n) is 2.89. The van der Waals surface area contributed by atoms with Crippen LogP contribution >= 0.6 is 31.9 Å². The third kappa shape index (κ3) is 4.58. The van der Waals surface area contributed by atoms with E-state index in [9.17, 15) is 4.79 Å². The quantitative estimate of drug-likeness (QED) is 0.773. The number of hydrogen-bond donors (Lipinski definition) is 1. The van der Waals surface area contributed by atoms with Crippen LogP contribution < -0.4 is 10.1 Å². The summed E-state index contributed by atoms with van der Waals surface area (Å²) in [4.78, 5) is 12.2. The van der Waals surface area contributed by atoms with Crippen LogP contribution in [0.4, 0.5) is 5.69 Å². The monoisotopic (exact) mass is 411 g/mol. The fraction of sp³-hybridized carbons (Fsp3) is 0.188. The molecule has 0 aliphatic heterocycles. The minimum atomic E-state index is -0.580. The molecule has 0 aliphatic rings. The van der Waals surface area contributed by atoms with Gasteiger partial charge in [-0.05, 0) is 60.1 Å². The van der Waals surface area contributed by atoms with E-state index in [1.165, 1.54) is 0 Å². The largest absolute Gasteiger partial charge is 0.481 e. The van der Waals surface area contributed by atoms with E-state index >= 15 is 0 Å². The lowest BCUT2D eigenvalue weighted by molar-refractivity contribution is -0.122. The van der Waals surface area contributed by atoms with E-state index in [4.69, 9.17) is 4.74 Å². The Morgan fingerprint density at radius 2 is 1.81 bits per heavy atom. The molecule has 1 N–H and O–H groups in total. The number of anilines is 1. The number of benzene rings is 2. The molecular weight excluding hydrogens is 398 g/mol. The van der Waals surface area contributed by atoms with Crippen LogP contribution in [0.5, 0.6) is 5.75 Å². The van der Waals surface area contributed by atoms with Crippen LogP contribution in [-0.4, -0.2) is 12.0 Å². The molecule has 0 spiro atoms. The zero-order valence-electron chi connectivity index (χ0n) is 11.7. The molecule has 5 heteroatoms. The van der Waals surface area contributed by atoms with Crippen molar-refractivity contribution in [2.24, 2.45) is 0 Å². The summed E-state index contributed by atoms with van der Waals surface area (Å²) in [6.07, 6.45) is -0.580. The Morgan fingerprint density at radius 1 is 1.14 bits per heavy atom. The first-order chi connectivity index (χ1) is 9.95. The number of carbonyl (C=O) groups excluding carboxylic acids is 1. The van der Waals surface area contributed by atoms with Crippen LogP contribution in [0.3, 0.4) is 0 Å². The molecular formula is C16H15Br2NO2. The van der Waals surface area contributed by atoms with Gasteiger partial charge >= 0.3 is 0 Å². The van der Waals surface area contributed by atoms with Crippen LogP contribution in [-0.2, 0) is 4.79 Å². The Hall–Kier alpha value is -1.33. The maximum absolute atomic E-state index is 12.2. The van der Waals surface area contributed by atoms with Gasteiger partial charge in [0.1, 0.15) is 5.75 Å². The van der Waals surface area contributed by atoms with E-state index in [2.05, 4.69) is 37.2 Å². The smallest absolute Gasteiger partial charge is 0.265 e. The molecule has 3 nitrogen and oxygen atoms in total. The fourth-order valence-electron chi connectivity index (χ4n) is 1.70. The molecule has 1 amide bonds. The average Bonchev–Trinajstić information content (AvgIpc) is 2.44. The summed E-state index contributed by atoms with van der Waals surface area (Å²) >= 11 is 6.79. The third-order valence-corrected chi connectivity index (χ3v) is 4.04. The molecule has 0 radical (unpaired) electrons. The highest BCUT2D eigenvalue weighted by Crippen LogP contribution is 2.26. The lowest BCUT2D eigenvalue weighted by Gasteiger charge is -2.15. The van der Waals surface area contributed by atoms with Crippen molar-refractivity contribution in [2.75, 3.05) is 5.32 Å². The van der Waals surface area contributed by atoms with Crippen molar-refractivity contribution in [3.8, 4) is 5.75 Å². The molecule has 0 aromatic heterocycles. The number of carbonyl (C=O) groups is 1. The van der Waals surface area contributed by atoms with Crippen LogP contribution in [0, 0.1) is 6.92 Å². The van der Waals surface area contributed by atoms with Crippen molar-refractivity contribution in [3.63, 3.8) is 0 Å². The van der Waals surface area contributed by atoms with Crippen molar-refractivity contribution in [2.45, 2.75) is 20.0 Å². The van der Waals surface area contributed by atoms with Crippen molar-refractivity contribution >= 4 is 43.5 Å². The molecule has 1 unspecified atom stereocenters. The second kappa shape index (κ2) is 7.09. The number of aryl methyl sites for hydroxylation is 1. The number of halogens is 2. The molecule has 1 atom stereocenters. The van der Waals surface area contributed by atoms with Gasteiger partial charge in [0, 0.05) is 8.95 Å². The van der Waals surface area contributed by atoms with Gasteiger partial charge in [0.2, 0.25) is 0 Å². The number of hydrogen-bond acceptors (Lipinski definition) is 2. The van der Waals surface area contributed by atoms with E-state index in [-0.39, 0.29) is 5.91 Å². The molecule has 0 heterocycles. The summed E-state index contributed by atoms with van der Waals surface area (Å²) in [6, 6.07) is 13.2. The van der Waals surface area contributed by atoms with E-state index in [0.717, 1.165) is 14.5 Å². The molecule has 0 saturated carbocycles. The van der Waals surface area contributed by atoms with Gasteiger partial charge in [0.15, 0.2) is 6.10 Å². The predicted octanol–water partition coefficient (Wildman–Crippen LogP) is 4.93. The van der Waals surface area contributed by atoms with Crippen LogP contribution in [0.15, 0.2) is 51.4 Å². The van der Waals surface area contributed by atoms with Gasteiger partial charge < -0.3 is 10.1 Å². The van der Waals surface area contributed by atoms with Crippen LogP contribution in [0.25, 0.3) is 0 Å². The first-order valence-electron chi connectivity index (χ1n) is 6.45. The number of rotatable bonds is 4. The van der Waals surface area contributed by atoms with Crippen molar-refractivity contribution in [3.05, 3.63) is 57.0 Å². The molecule has 0 bridgehead atoms. The second-order valence-corrected chi connectivity index (χ2v) is 6.46. The van der Waals surface area contributed by atoms with Crippen molar-refractivity contribution in [1.29, 1.82) is 0 Å². The van der Waals surface area contributed by atoms with Gasteiger partial charge in [0.05, 0.1) is 5.69 Å². The summed E-state index contributed by atoms with van der Waals surface area (Å²) in [6.45, 7) is 3.73. The standard InChI is InChI=1S/C16H15Br2NO2/c1-10-3-6-13(7-4-10)21-11(2)16(20)19-15-8-5-12(17)9-14(15)18/h3-9,11H,1-2H3,(H,19,20). The molecule has 2 rings (SSSR count). The normalized spacial score (nSPS) is 11.8. The fourth-order valence-corrected chi connectivity index (χ4v) is 2.85. The lowest BCUT2D eigenvalue weighted by atomic mass is 10.2. The molecule has 0 aliphatic carbocycles. The molecule has 110 valence electrons. The van der Waals surface area contributed by atoms with Gasteiger partial charge in [-0.25, -0.2) is 0 Å². The maximum Gasteiger partial charge on any atom is 0.265 e. The summed E-state index contributed by atoms with van der Waals surface area (Å²) in [5, 5.41) is 2.84. The van der Waals surface area contributed by atoms with Gasteiger partial charge in [-0.1, -0.05) is 33.6 Å². The van der Waals surface area contributed by atoms with E-state index in [1.807, 2.05) is 49.4 Å². The average molecular weight is 413 g/mol.